The Morgan fingerprint density at radius 2 is 1.83 bits per heavy atom. The van der Waals surface area contributed by atoms with E-state index in [0.29, 0.717) is 43.3 Å². The molecule has 4 rings (SSSR count). The van der Waals surface area contributed by atoms with Crippen LogP contribution in [0.1, 0.15) is 45.1 Å². The maximum absolute atomic E-state index is 13.4. The van der Waals surface area contributed by atoms with E-state index < -0.39 is 21.4 Å². The third-order valence-electron chi connectivity index (χ3n) is 6.70. The summed E-state index contributed by atoms with van der Waals surface area (Å²) in [5.41, 5.74) is 0.898. The fraction of sp³-hybridized carbons (Fsp3) is 0.462. The van der Waals surface area contributed by atoms with Gasteiger partial charge < -0.3 is 14.8 Å². The van der Waals surface area contributed by atoms with E-state index in [1.807, 2.05) is 12.1 Å². The molecule has 1 aliphatic carbocycles. The van der Waals surface area contributed by atoms with Gasteiger partial charge >= 0.3 is 5.97 Å². The number of hydrogen-bond acceptors (Lipinski definition) is 6. The summed E-state index contributed by atoms with van der Waals surface area (Å²) in [6, 6.07) is 11.7. The maximum atomic E-state index is 13.4. The minimum Gasteiger partial charge on any atom is -0.492 e. The lowest BCUT2D eigenvalue weighted by Gasteiger charge is -2.31. The molecule has 8 nitrogen and oxygen atoms in total. The van der Waals surface area contributed by atoms with Crippen molar-refractivity contribution in [3.63, 3.8) is 0 Å². The van der Waals surface area contributed by atoms with Crippen LogP contribution in [-0.4, -0.2) is 50.9 Å². The molecule has 0 radical (unpaired) electrons. The van der Waals surface area contributed by atoms with Gasteiger partial charge in [0, 0.05) is 23.8 Å². The molecule has 0 bridgehead atoms. The zero-order valence-corrected chi connectivity index (χ0v) is 22.0. The summed E-state index contributed by atoms with van der Waals surface area (Å²) in [5, 5.41) is 3.19. The van der Waals surface area contributed by atoms with Crippen molar-refractivity contribution in [1.82, 2.24) is 4.31 Å². The minimum atomic E-state index is -3.90. The summed E-state index contributed by atoms with van der Waals surface area (Å²) in [6.45, 7) is 4.60. The van der Waals surface area contributed by atoms with Gasteiger partial charge in [-0.15, -0.1) is 0 Å². The Kier molecular flexibility index (Phi) is 7.92. The summed E-state index contributed by atoms with van der Waals surface area (Å²) < 4.78 is 38.9. The lowest BCUT2D eigenvalue weighted by Crippen LogP contribution is -2.43. The molecule has 0 unspecified atom stereocenters. The van der Waals surface area contributed by atoms with Crippen LogP contribution in [0.15, 0.2) is 47.4 Å². The van der Waals surface area contributed by atoms with Gasteiger partial charge in [0.1, 0.15) is 10.6 Å². The van der Waals surface area contributed by atoms with Crippen LogP contribution in [-0.2, 0) is 29.8 Å². The van der Waals surface area contributed by atoms with Gasteiger partial charge in [0.25, 0.3) is 0 Å². The van der Waals surface area contributed by atoms with Gasteiger partial charge in [0.05, 0.1) is 24.5 Å². The van der Waals surface area contributed by atoms with Crippen LogP contribution in [0, 0.1) is 5.92 Å². The van der Waals surface area contributed by atoms with E-state index in [1.165, 1.54) is 10.4 Å². The summed E-state index contributed by atoms with van der Waals surface area (Å²) in [5.74, 6) is -0.718. The van der Waals surface area contributed by atoms with E-state index in [2.05, 4.69) is 5.32 Å². The van der Waals surface area contributed by atoms with Crippen molar-refractivity contribution in [2.45, 2.75) is 49.8 Å². The number of nitrogens with one attached hydrogen (secondary N) is 1. The van der Waals surface area contributed by atoms with Crippen LogP contribution in [0.5, 0.6) is 5.75 Å². The van der Waals surface area contributed by atoms with Crippen molar-refractivity contribution in [2.75, 3.05) is 31.6 Å². The number of sulfonamides is 1. The fourth-order valence-corrected chi connectivity index (χ4v) is 6.51. The molecule has 2 aromatic carbocycles. The first-order chi connectivity index (χ1) is 17.2. The average Bonchev–Trinajstić information content (AvgIpc) is 3.68. The number of carbonyl (C=O) groups excluding carboxylic acids is 2. The van der Waals surface area contributed by atoms with Crippen molar-refractivity contribution in [3.8, 4) is 5.75 Å². The number of amides is 1. The Hall–Kier alpha value is -2.62. The molecular weight excluding hydrogens is 504 g/mol. The van der Waals surface area contributed by atoms with Gasteiger partial charge in [-0.25, -0.2) is 8.42 Å². The Labute approximate surface area is 217 Å². The molecule has 1 N–H and O–H groups in total. The SMILES string of the molecule is CCOC(=O)C1(c2ccc(NC(=O)[C@@H]3CCCN(S(=O)(=O)c4cc(Cl)ccc4OCC)C3)cc2)CC1. The lowest BCUT2D eigenvalue weighted by atomic mass is 9.95. The topological polar surface area (TPSA) is 102 Å². The van der Waals surface area contributed by atoms with Gasteiger partial charge in [-0.1, -0.05) is 23.7 Å². The molecule has 194 valence electrons. The van der Waals surface area contributed by atoms with E-state index in [-0.39, 0.29) is 29.1 Å². The molecule has 1 saturated heterocycles. The molecule has 2 aliphatic rings. The molecule has 10 heteroatoms. The Bertz CT molecular complexity index is 1230. The standard InChI is InChI=1S/C26H31ClN2O6S/c1-3-34-22-12-9-20(27)16-23(22)36(32,33)29-15-5-6-18(17-29)24(30)28-21-10-7-19(8-11-21)26(13-14-26)25(31)35-4-2/h7-12,16,18H,3-6,13-15,17H2,1-2H3,(H,28,30)/t18-/m1/s1. The molecular formula is C26H31ClN2O6S. The molecule has 2 aromatic rings. The van der Waals surface area contributed by atoms with Crippen LogP contribution in [0.25, 0.3) is 0 Å². The van der Waals surface area contributed by atoms with Gasteiger partial charge in [-0.3, -0.25) is 9.59 Å². The van der Waals surface area contributed by atoms with Crippen molar-refractivity contribution < 1.29 is 27.5 Å². The number of halogens is 1. The highest BCUT2D eigenvalue weighted by Gasteiger charge is 2.52. The number of rotatable bonds is 9. The number of hydrogen-bond donors (Lipinski definition) is 1. The molecule has 1 amide bonds. The number of nitrogens with zero attached hydrogens (tertiary/aromatic N) is 1. The van der Waals surface area contributed by atoms with Crippen LogP contribution in [0.2, 0.25) is 5.02 Å². The predicted molar refractivity (Wildman–Crippen MR) is 137 cm³/mol. The number of piperidine rings is 1. The smallest absolute Gasteiger partial charge is 0.316 e. The number of benzene rings is 2. The molecule has 0 spiro atoms. The highest BCUT2D eigenvalue weighted by atomic mass is 35.5. The molecule has 1 saturated carbocycles. The van der Waals surface area contributed by atoms with Crippen molar-refractivity contribution in [3.05, 3.63) is 53.1 Å². The van der Waals surface area contributed by atoms with E-state index >= 15 is 0 Å². The Morgan fingerprint density at radius 3 is 2.47 bits per heavy atom. The predicted octanol–water partition coefficient (Wildman–Crippen LogP) is 4.37. The third kappa shape index (κ3) is 5.38. The number of carbonyl (C=O) groups is 2. The van der Waals surface area contributed by atoms with Crippen LogP contribution in [0.3, 0.4) is 0 Å². The largest absolute Gasteiger partial charge is 0.492 e. The Balaban J connectivity index is 1.44. The molecule has 2 fully saturated rings. The van der Waals surface area contributed by atoms with Gasteiger partial charge in [0.2, 0.25) is 15.9 Å². The summed E-state index contributed by atoms with van der Waals surface area (Å²) >= 11 is 6.08. The quantitative estimate of drug-likeness (QED) is 0.479. The molecule has 1 atom stereocenters. The second-order valence-electron chi connectivity index (χ2n) is 9.10. The van der Waals surface area contributed by atoms with E-state index in [0.717, 1.165) is 18.4 Å². The van der Waals surface area contributed by atoms with Crippen molar-refractivity contribution in [1.29, 1.82) is 0 Å². The maximum Gasteiger partial charge on any atom is 0.316 e. The summed E-state index contributed by atoms with van der Waals surface area (Å²) in [7, 11) is -3.90. The Morgan fingerprint density at radius 1 is 1.11 bits per heavy atom. The highest BCUT2D eigenvalue weighted by Crippen LogP contribution is 2.49. The first-order valence-corrected chi connectivity index (χ1v) is 14.0. The monoisotopic (exact) mass is 534 g/mol. The zero-order chi connectivity index (χ0) is 25.9. The van der Waals surface area contributed by atoms with E-state index in [9.17, 15) is 18.0 Å². The fourth-order valence-electron chi connectivity index (χ4n) is 4.59. The lowest BCUT2D eigenvalue weighted by molar-refractivity contribution is -0.146. The zero-order valence-electron chi connectivity index (χ0n) is 20.5. The van der Waals surface area contributed by atoms with E-state index in [4.69, 9.17) is 21.1 Å². The number of esters is 1. The number of ether oxygens (including phenoxy) is 2. The molecule has 1 aliphatic heterocycles. The van der Waals surface area contributed by atoms with Crippen LogP contribution >= 0.6 is 11.6 Å². The first-order valence-electron chi connectivity index (χ1n) is 12.2. The van der Waals surface area contributed by atoms with Gasteiger partial charge in [-0.2, -0.15) is 4.31 Å². The molecule has 0 aromatic heterocycles. The number of anilines is 1. The van der Waals surface area contributed by atoms with Gasteiger partial charge in [-0.05, 0) is 75.4 Å². The molecule has 36 heavy (non-hydrogen) atoms. The summed E-state index contributed by atoms with van der Waals surface area (Å²) in [6.07, 6.45) is 2.64. The van der Waals surface area contributed by atoms with Crippen LogP contribution < -0.4 is 10.1 Å². The van der Waals surface area contributed by atoms with Crippen LogP contribution in [0.4, 0.5) is 5.69 Å². The normalized spacial score (nSPS) is 19.4. The molecule has 1 heterocycles. The first kappa shape index (κ1) is 26.4. The summed E-state index contributed by atoms with van der Waals surface area (Å²) in [4.78, 5) is 25.4. The van der Waals surface area contributed by atoms with Gasteiger partial charge in [0.15, 0.2) is 0 Å². The third-order valence-corrected chi connectivity index (χ3v) is 8.82. The second kappa shape index (κ2) is 10.8. The average molecular weight is 535 g/mol. The second-order valence-corrected chi connectivity index (χ2v) is 11.4. The van der Waals surface area contributed by atoms with Crippen molar-refractivity contribution >= 4 is 39.2 Å². The highest BCUT2D eigenvalue weighted by molar-refractivity contribution is 7.89. The van der Waals surface area contributed by atoms with Crippen molar-refractivity contribution in [2.24, 2.45) is 5.92 Å². The minimum absolute atomic E-state index is 0.00380. The van der Waals surface area contributed by atoms with E-state index in [1.54, 1.807) is 38.1 Å².